The first-order valence-corrected chi connectivity index (χ1v) is 9.73. The summed E-state index contributed by atoms with van der Waals surface area (Å²) < 4.78 is 15.6. The number of ether oxygens (including phenoxy) is 3. The first-order valence-electron chi connectivity index (χ1n) is 7.76. The first kappa shape index (κ1) is 18.7. The average Bonchev–Trinajstić information content (AvgIpc) is 3.08. The minimum absolute atomic E-state index is 0.0438. The Morgan fingerprint density at radius 2 is 1.77 bits per heavy atom. The summed E-state index contributed by atoms with van der Waals surface area (Å²) in [4.78, 5) is 20.2. The van der Waals surface area contributed by atoms with E-state index in [-0.39, 0.29) is 33.2 Å². The fourth-order valence-corrected chi connectivity index (χ4v) is 5.55. The van der Waals surface area contributed by atoms with Gasteiger partial charge in [-0.15, -0.1) is 23.5 Å². The molecule has 0 unspecified atom stereocenters. The van der Waals surface area contributed by atoms with Gasteiger partial charge >= 0.3 is 12.0 Å². The van der Waals surface area contributed by atoms with E-state index in [2.05, 4.69) is 9.97 Å². The van der Waals surface area contributed by atoms with Gasteiger partial charge in [0, 0.05) is 11.5 Å². The van der Waals surface area contributed by atoms with Gasteiger partial charge in [-0.05, 0) is 18.6 Å². The molecule has 2 heterocycles. The highest BCUT2D eigenvalue weighted by Crippen LogP contribution is 2.53. The van der Waals surface area contributed by atoms with Crippen LogP contribution in [0.25, 0.3) is 0 Å². The molecule has 9 heteroatoms. The lowest BCUT2D eigenvalue weighted by molar-refractivity contribution is 0.0692. The van der Waals surface area contributed by atoms with E-state index in [1.54, 1.807) is 35.7 Å². The van der Waals surface area contributed by atoms with E-state index in [4.69, 9.17) is 14.2 Å². The highest BCUT2D eigenvalue weighted by Gasteiger charge is 2.37. The lowest BCUT2D eigenvalue weighted by atomic mass is 10.0. The van der Waals surface area contributed by atoms with Crippen molar-refractivity contribution in [2.75, 3.05) is 25.7 Å². The fourth-order valence-electron chi connectivity index (χ4n) is 2.62. The number of carbonyl (C=O) groups is 1. The Hall–Kier alpha value is -2.13. The molecular weight excluding hydrogens is 376 g/mol. The van der Waals surface area contributed by atoms with Crippen LogP contribution in [-0.2, 0) is 4.08 Å². The predicted octanol–water partition coefficient (Wildman–Crippen LogP) is 3.64. The second-order valence-electron chi connectivity index (χ2n) is 5.46. The van der Waals surface area contributed by atoms with Crippen LogP contribution in [-0.4, -0.2) is 46.8 Å². The van der Waals surface area contributed by atoms with Crippen LogP contribution in [0.5, 0.6) is 23.5 Å². The molecule has 1 fully saturated rings. The highest BCUT2D eigenvalue weighted by molar-refractivity contribution is 8.20. The third kappa shape index (κ3) is 3.68. The van der Waals surface area contributed by atoms with Crippen molar-refractivity contribution in [2.24, 2.45) is 0 Å². The standard InChI is InChI=1S/C17H18N2O5S2/c1-17(25-7-8-26-17)10-5-4-6-11(14(10)15(20)21)24-16-18-12(22-2)9-13(19-16)23-3/h4-6,9H,7-8H2,1-3H3,(H,20,21). The Kier molecular flexibility index (Phi) is 5.47. The molecule has 0 amide bonds. The summed E-state index contributed by atoms with van der Waals surface area (Å²) in [7, 11) is 2.93. The Balaban J connectivity index is 2.04. The maximum Gasteiger partial charge on any atom is 0.339 e. The summed E-state index contributed by atoms with van der Waals surface area (Å²) >= 11 is 3.46. The minimum atomic E-state index is -1.06. The zero-order valence-electron chi connectivity index (χ0n) is 14.5. The molecule has 0 spiro atoms. The summed E-state index contributed by atoms with van der Waals surface area (Å²) in [5.74, 6) is 1.59. The van der Waals surface area contributed by atoms with Crippen molar-refractivity contribution in [1.29, 1.82) is 0 Å². The number of aromatic carboxylic acids is 1. The number of benzene rings is 1. The van der Waals surface area contributed by atoms with E-state index in [1.807, 2.05) is 13.0 Å². The molecule has 1 aliphatic heterocycles. The lowest BCUT2D eigenvalue weighted by Crippen LogP contribution is -2.16. The van der Waals surface area contributed by atoms with Gasteiger partial charge in [-0.1, -0.05) is 12.1 Å². The van der Waals surface area contributed by atoms with E-state index in [1.165, 1.54) is 20.3 Å². The quantitative estimate of drug-likeness (QED) is 0.788. The maximum atomic E-state index is 12.0. The van der Waals surface area contributed by atoms with Gasteiger partial charge in [-0.2, -0.15) is 9.97 Å². The van der Waals surface area contributed by atoms with Gasteiger partial charge in [-0.25, -0.2) is 4.79 Å². The van der Waals surface area contributed by atoms with Crippen molar-refractivity contribution < 1.29 is 24.1 Å². The average molecular weight is 394 g/mol. The molecule has 1 aromatic carbocycles. The zero-order valence-corrected chi connectivity index (χ0v) is 16.1. The molecule has 1 N–H and O–H groups in total. The van der Waals surface area contributed by atoms with Gasteiger partial charge in [0.15, 0.2) is 0 Å². The van der Waals surface area contributed by atoms with Crippen LogP contribution in [0, 0.1) is 0 Å². The Morgan fingerprint density at radius 1 is 1.15 bits per heavy atom. The van der Waals surface area contributed by atoms with Crippen molar-refractivity contribution in [2.45, 2.75) is 11.0 Å². The summed E-state index contributed by atoms with van der Waals surface area (Å²) in [5.41, 5.74) is 0.826. The molecule has 0 saturated carbocycles. The minimum Gasteiger partial charge on any atom is -0.481 e. The second kappa shape index (κ2) is 7.63. The second-order valence-corrected chi connectivity index (χ2v) is 8.75. The number of thioether (sulfide) groups is 2. The molecule has 1 aromatic heterocycles. The van der Waals surface area contributed by atoms with Crippen molar-refractivity contribution in [1.82, 2.24) is 9.97 Å². The molecular formula is C17H18N2O5S2. The number of hydrogen-bond donors (Lipinski definition) is 1. The largest absolute Gasteiger partial charge is 0.481 e. The van der Waals surface area contributed by atoms with Crippen LogP contribution in [0.3, 0.4) is 0 Å². The third-order valence-electron chi connectivity index (χ3n) is 3.85. The molecule has 7 nitrogen and oxygen atoms in total. The first-order chi connectivity index (χ1) is 12.5. The van der Waals surface area contributed by atoms with Gasteiger partial charge in [0.1, 0.15) is 11.3 Å². The Morgan fingerprint density at radius 3 is 2.31 bits per heavy atom. The lowest BCUT2D eigenvalue weighted by Gasteiger charge is -2.25. The van der Waals surface area contributed by atoms with Gasteiger partial charge < -0.3 is 19.3 Å². The smallest absolute Gasteiger partial charge is 0.339 e. The molecule has 26 heavy (non-hydrogen) atoms. The van der Waals surface area contributed by atoms with Gasteiger partial charge in [0.25, 0.3) is 0 Å². The summed E-state index contributed by atoms with van der Waals surface area (Å²) in [6.07, 6.45) is 0. The number of hydrogen-bond acceptors (Lipinski definition) is 8. The molecule has 1 saturated heterocycles. The zero-order chi connectivity index (χ0) is 18.7. The molecule has 0 bridgehead atoms. The van der Waals surface area contributed by atoms with Crippen molar-refractivity contribution in [3.63, 3.8) is 0 Å². The van der Waals surface area contributed by atoms with Gasteiger partial charge in [0.2, 0.25) is 11.8 Å². The van der Waals surface area contributed by atoms with E-state index in [0.717, 1.165) is 11.5 Å². The SMILES string of the molecule is COc1cc(OC)nc(Oc2cccc(C3(C)SCCS3)c2C(=O)O)n1. The molecule has 0 radical (unpaired) electrons. The van der Waals surface area contributed by atoms with Crippen molar-refractivity contribution in [3.05, 3.63) is 35.4 Å². The number of aromatic nitrogens is 2. The van der Waals surface area contributed by atoms with Crippen LogP contribution in [0.2, 0.25) is 0 Å². The molecule has 0 aliphatic carbocycles. The number of rotatable bonds is 6. The molecule has 138 valence electrons. The number of nitrogens with zero attached hydrogens (tertiary/aromatic N) is 2. The molecule has 3 rings (SSSR count). The van der Waals surface area contributed by atoms with Gasteiger partial charge in [-0.3, -0.25) is 0 Å². The van der Waals surface area contributed by atoms with Gasteiger partial charge in [0.05, 0.1) is 24.4 Å². The van der Waals surface area contributed by atoms with E-state index in [0.29, 0.717) is 5.56 Å². The van der Waals surface area contributed by atoms with Crippen LogP contribution < -0.4 is 14.2 Å². The molecule has 1 aliphatic rings. The summed E-state index contributed by atoms with van der Waals surface area (Å²) in [6.45, 7) is 2.03. The number of carboxylic acid groups (broad SMARTS) is 1. The Bertz CT molecular complexity index is 803. The van der Waals surface area contributed by atoms with Crippen molar-refractivity contribution in [3.8, 4) is 23.5 Å². The van der Waals surface area contributed by atoms with E-state index in [9.17, 15) is 9.90 Å². The maximum absolute atomic E-state index is 12.0. The van der Waals surface area contributed by atoms with Crippen molar-refractivity contribution >= 4 is 29.5 Å². The van der Waals surface area contributed by atoms with Crippen LogP contribution in [0.1, 0.15) is 22.8 Å². The Labute approximate surface area is 159 Å². The topological polar surface area (TPSA) is 90.8 Å². The highest BCUT2D eigenvalue weighted by atomic mass is 32.2. The third-order valence-corrected chi connectivity index (χ3v) is 7.17. The fraction of sp³-hybridized carbons (Fsp3) is 0.353. The molecule has 2 aromatic rings. The predicted molar refractivity (Wildman–Crippen MR) is 101 cm³/mol. The number of methoxy groups -OCH3 is 2. The van der Waals surface area contributed by atoms with E-state index < -0.39 is 5.97 Å². The molecule has 0 atom stereocenters. The number of carboxylic acids is 1. The van der Waals surface area contributed by atoms with Crippen LogP contribution in [0.4, 0.5) is 0 Å². The van der Waals surface area contributed by atoms with Crippen LogP contribution >= 0.6 is 23.5 Å². The summed E-state index contributed by atoms with van der Waals surface area (Å²) in [6, 6.07) is 6.66. The normalized spacial score (nSPS) is 15.5. The monoisotopic (exact) mass is 394 g/mol. The summed E-state index contributed by atoms with van der Waals surface area (Å²) in [5, 5.41) is 9.81. The van der Waals surface area contributed by atoms with Crippen LogP contribution in [0.15, 0.2) is 24.3 Å². The van der Waals surface area contributed by atoms with E-state index >= 15 is 0 Å².